The third-order valence-corrected chi connectivity index (χ3v) is 2.97. The Morgan fingerprint density at radius 1 is 1.21 bits per heavy atom. The van der Waals surface area contributed by atoms with Crippen LogP contribution in [0.4, 0.5) is 0 Å². The maximum Gasteiger partial charge on any atom is 0.118 e. The summed E-state index contributed by atoms with van der Waals surface area (Å²) in [4.78, 5) is 0. The van der Waals surface area contributed by atoms with Crippen LogP contribution in [-0.2, 0) is 19.4 Å². The summed E-state index contributed by atoms with van der Waals surface area (Å²) >= 11 is 0. The molecule has 1 N–H and O–H groups in total. The molecule has 0 unspecified atom stereocenters. The molecule has 1 aromatic carbocycles. The number of aryl methyl sites for hydroxylation is 3. The van der Waals surface area contributed by atoms with Crippen molar-refractivity contribution in [3.63, 3.8) is 0 Å². The normalized spacial score (nSPS) is 10.6. The van der Waals surface area contributed by atoms with E-state index in [1.165, 1.54) is 5.56 Å². The molecule has 0 spiro atoms. The second-order valence-electron chi connectivity index (χ2n) is 4.40. The van der Waals surface area contributed by atoms with Crippen LogP contribution in [0.1, 0.15) is 17.7 Å². The van der Waals surface area contributed by atoms with Gasteiger partial charge in [-0.3, -0.25) is 4.68 Å². The number of hydrogen-bond acceptors (Lipinski definition) is 4. The molecule has 0 saturated heterocycles. The Bertz CT molecular complexity index is 494. The van der Waals surface area contributed by atoms with Crippen LogP contribution < -0.4 is 4.74 Å². The van der Waals surface area contributed by atoms with Gasteiger partial charge in [0, 0.05) is 19.3 Å². The van der Waals surface area contributed by atoms with Crippen LogP contribution in [0.2, 0.25) is 0 Å². The first-order chi connectivity index (χ1) is 9.31. The van der Waals surface area contributed by atoms with E-state index in [0.717, 1.165) is 37.3 Å². The Kier molecular flexibility index (Phi) is 4.92. The largest absolute Gasteiger partial charge is 0.497 e. The number of benzene rings is 1. The first-order valence-electron chi connectivity index (χ1n) is 6.44. The highest BCUT2D eigenvalue weighted by Gasteiger charge is 2.01. The minimum Gasteiger partial charge on any atom is -0.497 e. The molecule has 102 valence electrons. The average molecular weight is 261 g/mol. The van der Waals surface area contributed by atoms with Crippen molar-refractivity contribution in [2.24, 2.45) is 0 Å². The standard InChI is InChI=1S/C14H19N3O2/c1-19-14-6-4-12(5-7-14)8-9-17-11-13(15-16-17)3-2-10-18/h4-7,11,18H,2-3,8-10H2,1H3. The van der Waals surface area contributed by atoms with Crippen molar-refractivity contribution in [2.45, 2.75) is 25.8 Å². The van der Waals surface area contributed by atoms with Gasteiger partial charge in [-0.1, -0.05) is 17.3 Å². The summed E-state index contributed by atoms with van der Waals surface area (Å²) in [5.74, 6) is 0.871. The molecule has 0 bridgehead atoms. The minimum atomic E-state index is 0.193. The van der Waals surface area contributed by atoms with E-state index in [1.807, 2.05) is 23.0 Å². The lowest BCUT2D eigenvalue weighted by molar-refractivity contribution is 0.288. The lowest BCUT2D eigenvalue weighted by Gasteiger charge is -2.03. The molecule has 19 heavy (non-hydrogen) atoms. The van der Waals surface area contributed by atoms with Crippen molar-refractivity contribution >= 4 is 0 Å². The summed E-state index contributed by atoms with van der Waals surface area (Å²) in [5.41, 5.74) is 2.18. The van der Waals surface area contributed by atoms with Gasteiger partial charge in [0.25, 0.3) is 0 Å². The van der Waals surface area contributed by atoms with Crippen molar-refractivity contribution in [3.8, 4) is 5.75 Å². The van der Waals surface area contributed by atoms with Crippen LogP contribution >= 0.6 is 0 Å². The molecule has 0 aliphatic rings. The molecule has 2 rings (SSSR count). The summed E-state index contributed by atoms with van der Waals surface area (Å²) in [5, 5.41) is 16.9. The van der Waals surface area contributed by atoms with Gasteiger partial charge in [-0.05, 0) is 37.0 Å². The first-order valence-corrected chi connectivity index (χ1v) is 6.44. The molecule has 0 fully saturated rings. The lowest BCUT2D eigenvalue weighted by atomic mass is 10.1. The van der Waals surface area contributed by atoms with Crippen molar-refractivity contribution < 1.29 is 9.84 Å². The van der Waals surface area contributed by atoms with E-state index in [2.05, 4.69) is 22.4 Å². The molecule has 0 aliphatic heterocycles. The van der Waals surface area contributed by atoms with E-state index >= 15 is 0 Å². The highest BCUT2D eigenvalue weighted by Crippen LogP contribution is 2.12. The SMILES string of the molecule is COc1ccc(CCn2cc(CCCO)nn2)cc1. The Balaban J connectivity index is 1.85. The summed E-state index contributed by atoms with van der Waals surface area (Å²) in [6, 6.07) is 8.04. The third kappa shape index (κ3) is 4.06. The number of aromatic nitrogens is 3. The molecule has 0 radical (unpaired) electrons. The van der Waals surface area contributed by atoms with Gasteiger partial charge in [0.2, 0.25) is 0 Å². The van der Waals surface area contributed by atoms with Crippen LogP contribution in [0.3, 0.4) is 0 Å². The van der Waals surface area contributed by atoms with Crippen LogP contribution in [0.25, 0.3) is 0 Å². The maximum atomic E-state index is 8.76. The molecule has 5 nitrogen and oxygen atoms in total. The van der Waals surface area contributed by atoms with Crippen molar-refractivity contribution in [1.29, 1.82) is 0 Å². The summed E-state index contributed by atoms with van der Waals surface area (Å²) in [6.07, 6.45) is 4.36. The fraction of sp³-hybridized carbons (Fsp3) is 0.429. The molecule has 1 aromatic heterocycles. The quantitative estimate of drug-likeness (QED) is 0.819. The van der Waals surface area contributed by atoms with E-state index in [-0.39, 0.29) is 6.61 Å². The van der Waals surface area contributed by atoms with E-state index in [9.17, 15) is 0 Å². The minimum absolute atomic E-state index is 0.193. The van der Waals surface area contributed by atoms with Crippen LogP contribution in [-0.4, -0.2) is 33.8 Å². The molecule has 1 heterocycles. The van der Waals surface area contributed by atoms with Gasteiger partial charge < -0.3 is 9.84 Å². The van der Waals surface area contributed by atoms with Gasteiger partial charge in [0.05, 0.1) is 12.8 Å². The second kappa shape index (κ2) is 6.89. The van der Waals surface area contributed by atoms with Gasteiger partial charge in [0.1, 0.15) is 5.75 Å². The number of aliphatic hydroxyl groups excluding tert-OH is 1. The predicted octanol–water partition coefficient (Wildman–Crippen LogP) is 1.45. The molecule has 5 heteroatoms. The Morgan fingerprint density at radius 2 is 2.00 bits per heavy atom. The van der Waals surface area contributed by atoms with Gasteiger partial charge in [-0.25, -0.2) is 0 Å². The molecular weight excluding hydrogens is 242 g/mol. The lowest BCUT2D eigenvalue weighted by Crippen LogP contribution is -2.02. The zero-order chi connectivity index (χ0) is 13.5. The highest BCUT2D eigenvalue weighted by atomic mass is 16.5. The number of methoxy groups -OCH3 is 1. The number of aliphatic hydroxyl groups is 1. The van der Waals surface area contributed by atoms with Crippen LogP contribution in [0.15, 0.2) is 30.5 Å². The summed E-state index contributed by atoms with van der Waals surface area (Å²) < 4.78 is 6.97. The zero-order valence-corrected chi connectivity index (χ0v) is 11.1. The molecule has 0 aliphatic carbocycles. The van der Waals surface area contributed by atoms with E-state index in [4.69, 9.17) is 9.84 Å². The van der Waals surface area contributed by atoms with Gasteiger partial charge >= 0.3 is 0 Å². The van der Waals surface area contributed by atoms with E-state index in [1.54, 1.807) is 7.11 Å². The highest BCUT2D eigenvalue weighted by molar-refractivity contribution is 5.27. The van der Waals surface area contributed by atoms with Gasteiger partial charge in [0.15, 0.2) is 0 Å². The molecule has 2 aromatic rings. The van der Waals surface area contributed by atoms with Crippen molar-refractivity contribution in [2.75, 3.05) is 13.7 Å². The fourth-order valence-corrected chi connectivity index (χ4v) is 1.86. The maximum absolute atomic E-state index is 8.76. The Hall–Kier alpha value is -1.88. The molecule has 0 saturated carbocycles. The Labute approximate surface area is 112 Å². The fourth-order valence-electron chi connectivity index (χ4n) is 1.86. The van der Waals surface area contributed by atoms with Crippen molar-refractivity contribution in [1.82, 2.24) is 15.0 Å². The average Bonchev–Trinajstić information content (AvgIpc) is 2.91. The number of rotatable bonds is 7. The predicted molar refractivity (Wildman–Crippen MR) is 72.1 cm³/mol. The molecular formula is C14H19N3O2. The van der Waals surface area contributed by atoms with Crippen LogP contribution in [0, 0.1) is 0 Å². The van der Waals surface area contributed by atoms with Gasteiger partial charge in [-0.15, -0.1) is 5.10 Å². The number of hydrogen-bond donors (Lipinski definition) is 1. The van der Waals surface area contributed by atoms with Crippen LogP contribution in [0.5, 0.6) is 5.75 Å². The van der Waals surface area contributed by atoms with E-state index < -0.39 is 0 Å². The first kappa shape index (κ1) is 13.5. The second-order valence-corrected chi connectivity index (χ2v) is 4.40. The number of nitrogens with zero attached hydrogens (tertiary/aromatic N) is 3. The van der Waals surface area contributed by atoms with E-state index in [0.29, 0.717) is 0 Å². The van der Waals surface area contributed by atoms with Crippen molar-refractivity contribution in [3.05, 3.63) is 41.7 Å². The summed E-state index contributed by atoms with van der Waals surface area (Å²) in [6.45, 7) is 0.997. The van der Waals surface area contributed by atoms with Gasteiger partial charge in [-0.2, -0.15) is 0 Å². The Morgan fingerprint density at radius 3 is 2.68 bits per heavy atom. The monoisotopic (exact) mass is 261 g/mol. The number of ether oxygens (including phenoxy) is 1. The summed E-state index contributed by atoms with van der Waals surface area (Å²) in [7, 11) is 1.67. The zero-order valence-electron chi connectivity index (χ0n) is 11.1. The topological polar surface area (TPSA) is 60.2 Å². The smallest absolute Gasteiger partial charge is 0.118 e. The molecule has 0 atom stereocenters. The molecule has 0 amide bonds. The third-order valence-electron chi connectivity index (χ3n) is 2.97.